The molecule has 0 bridgehead atoms. The highest BCUT2D eigenvalue weighted by Crippen LogP contribution is 2.24. The van der Waals surface area contributed by atoms with Crippen molar-refractivity contribution >= 4 is 23.2 Å². The molecule has 0 saturated carbocycles. The number of hydrazone groups is 1. The number of halogens is 1. The first-order valence-corrected chi connectivity index (χ1v) is 6.36. The summed E-state index contributed by atoms with van der Waals surface area (Å²) < 4.78 is 12.9. The standard InChI is InChI=1S/C13H15FN4O3/c1-2-21-17-13(20)10-7-11(12(15)19)18(16-10)9-5-3-8(14)4-6-9/h3-6,11H,2,7H2,1H3,(H2,15,19)(H,17,20)/t11-/m1/s1. The molecule has 1 aliphatic heterocycles. The van der Waals surface area contributed by atoms with Gasteiger partial charge in [0.25, 0.3) is 5.91 Å². The van der Waals surface area contributed by atoms with Gasteiger partial charge in [0.05, 0.1) is 12.3 Å². The maximum absolute atomic E-state index is 12.9. The van der Waals surface area contributed by atoms with Crippen molar-refractivity contribution in [3.63, 3.8) is 0 Å². The number of hydrogen-bond acceptors (Lipinski definition) is 5. The molecule has 2 amide bonds. The summed E-state index contributed by atoms with van der Waals surface area (Å²) in [6, 6.07) is 4.59. The van der Waals surface area contributed by atoms with Gasteiger partial charge in [-0.1, -0.05) is 0 Å². The van der Waals surface area contributed by atoms with Gasteiger partial charge in [-0.15, -0.1) is 0 Å². The molecule has 112 valence electrons. The number of hydrogen-bond donors (Lipinski definition) is 2. The van der Waals surface area contributed by atoms with Gasteiger partial charge in [0.15, 0.2) is 0 Å². The summed E-state index contributed by atoms with van der Waals surface area (Å²) in [5, 5.41) is 5.39. The Morgan fingerprint density at radius 2 is 2.14 bits per heavy atom. The number of rotatable bonds is 5. The molecule has 0 radical (unpaired) electrons. The average Bonchev–Trinajstić information content (AvgIpc) is 2.91. The molecular formula is C13H15FN4O3. The number of primary amides is 1. The van der Waals surface area contributed by atoms with E-state index in [9.17, 15) is 14.0 Å². The Kier molecular flexibility index (Phi) is 4.49. The lowest BCUT2D eigenvalue weighted by Gasteiger charge is -2.20. The van der Waals surface area contributed by atoms with Crippen molar-refractivity contribution in [1.82, 2.24) is 5.48 Å². The van der Waals surface area contributed by atoms with Gasteiger partial charge in [0.1, 0.15) is 17.6 Å². The van der Waals surface area contributed by atoms with Crippen LogP contribution in [-0.4, -0.2) is 30.2 Å². The van der Waals surface area contributed by atoms with Crippen LogP contribution >= 0.6 is 0 Å². The number of nitrogens with two attached hydrogens (primary N) is 1. The molecule has 0 saturated heterocycles. The Balaban J connectivity index is 2.23. The van der Waals surface area contributed by atoms with Crippen LogP contribution in [-0.2, 0) is 14.4 Å². The number of hydroxylamine groups is 1. The van der Waals surface area contributed by atoms with Gasteiger partial charge in [-0.05, 0) is 31.2 Å². The van der Waals surface area contributed by atoms with Crippen LogP contribution in [0.3, 0.4) is 0 Å². The molecule has 0 spiro atoms. The van der Waals surface area contributed by atoms with E-state index in [0.29, 0.717) is 12.3 Å². The number of carbonyl (C=O) groups is 2. The van der Waals surface area contributed by atoms with E-state index in [0.717, 1.165) is 0 Å². The quantitative estimate of drug-likeness (QED) is 0.764. The molecule has 0 fully saturated rings. The van der Waals surface area contributed by atoms with Gasteiger partial charge in [-0.25, -0.2) is 9.87 Å². The van der Waals surface area contributed by atoms with Gasteiger partial charge in [0.2, 0.25) is 5.91 Å². The van der Waals surface area contributed by atoms with Crippen LogP contribution in [0.15, 0.2) is 29.4 Å². The van der Waals surface area contributed by atoms with Crippen molar-refractivity contribution in [3.8, 4) is 0 Å². The van der Waals surface area contributed by atoms with E-state index in [-0.39, 0.29) is 12.1 Å². The fraction of sp³-hybridized carbons (Fsp3) is 0.308. The summed E-state index contributed by atoms with van der Waals surface area (Å²) in [7, 11) is 0. The summed E-state index contributed by atoms with van der Waals surface area (Å²) in [5.41, 5.74) is 8.13. The lowest BCUT2D eigenvalue weighted by molar-refractivity contribution is -0.126. The summed E-state index contributed by atoms with van der Waals surface area (Å²) in [6.45, 7) is 2.02. The Labute approximate surface area is 120 Å². The molecule has 1 aromatic rings. The van der Waals surface area contributed by atoms with Gasteiger partial charge < -0.3 is 5.73 Å². The Morgan fingerprint density at radius 1 is 1.48 bits per heavy atom. The van der Waals surface area contributed by atoms with E-state index in [1.165, 1.54) is 29.3 Å². The first kappa shape index (κ1) is 14.9. The minimum Gasteiger partial charge on any atom is -0.368 e. The van der Waals surface area contributed by atoms with E-state index in [2.05, 4.69) is 10.6 Å². The zero-order valence-electron chi connectivity index (χ0n) is 11.4. The van der Waals surface area contributed by atoms with Gasteiger partial charge in [0, 0.05) is 6.42 Å². The van der Waals surface area contributed by atoms with E-state index in [1.807, 2.05) is 0 Å². The minimum atomic E-state index is -0.794. The first-order valence-electron chi connectivity index (χ1n) is 6.36. The molecule has 21 heavy (non-hydrogen) atoms. The third-order valence-corrected chi connectivity index (χ3v) is 2.90. The fourth-order valence-corrected chi connectivity index (χ4v) is 1.90. The topological polar surface area (TPSA) is 97.0 Å². The first-order chi connectivity index (χ1) is 10.0. The number of nitrogens with one attached hydrogen (secondary N) is 1. The zero-order chi connectivity index (χ0) is 15.4. The molecular weight excluding hydrogens is 279 g/mol. The molecule has 1 heterocycles. The van der Waals surface area contributed by atoms with E-state index >= 15 is 0 Å². The zero-order valence-corrected chi connectivity index (χ0v) is 11.4. The van der Waals surface area contributed by atoms with E-state index < -0.39 is 23.7 Å². The number of benzene rings is 1. The minimum absolute atomic E-state index is 0.0611. The maximum atomic E-state index is 12.9. The van der Waals surface area contributed by atoms with Crippen molar-refractivity contribution in [2.75, 3.05) is 11.6 Å². The van der Waals surface area contributed by atoms with Crippen LogP contribution in [0.5, 0.6) is 0 Å². The predicted octanol–water partition coefficient (Wildman–Crippen LogP) is 0.313. The Bertz CT molecular complexity index is 573. The van der Waals surface area contributed by atoms with Crippen molar-refractivity contribution < 1.29 is 18.8 Å². The normalized spacial score (nSPS) is 17.5. The van der Waals surface area contributed by atoms with Crippen LogP contribution in [0.1, 0.15) is 13.3 Å². The Hall–Kier alpha value is -2.48. The molecule has 0 unspecified atom stereocenters. The third kappa shape index (κ3) is 3.34. The van der Waals surface area contributed by atoms with Crippen LogP contribution in [0.25, 0.3) is 0 Å². The molecule has 3 N–H and O–H groups in total. The van der Waals surface area contributed by atoms with Gasteiger partial charge in [-0.3, -0.25) is 19.4 Å². The van der Waals surface area contributed by atoms with Gasteiger partial charge >= 0.3 is 0 Å². The molecule has 2 rings (SSSR count). The SMILES string of the molecule is CCONC(=O)C1=NN(c2ccc(F)cc2)[C@@H](C(N)=O)C1. The Morgan fingerprint density at radius 3 is 2.71 bits per heavy atom. The molecule has 8 heteroatoms. The monoisotopic (exact) mass is 294 g/mol. The third-order valence-electron chi connectivity index (χ3n) is 2.90. The molecule has 1 aromatic carbocycles. The van der Waals surface area contributed by atoms with Crippen molar-refractivity contribution in [2.24, 2.45) is 10.8 Å². The second-order valence-corrected chi connectivity index (χ2v) is 4.35. The molecule has 0 aliphatic carbocycles. The van der Waals surface area contributed by atoms with Crippen LogP contribution in [0.4, 0.5) is 10.1 Å². The largest absolute Gasteiger partial charge is 0.368 e. The predicted molar refractivity (Wildman–Crippen MR) is 73.7 cm³/mol. The van der Waals surface area contributed by atoms with Gasteiger partial charge in [-0.2, -0.15) is 5.10 Å². The highest BCUT2D eigenvalue weighted by Gasteiger charge is 2.35. The molecule has 1 aliphatic rings. The van der Waals surface area contributed by atoms with Crippen LogP contribution in [0.2, 0.25) is 0 Å². The fourth-order valence-electron chi connectivity index (χ4n) is 1.90. The summed E-state index contributed by atoms with van der Waals surface area (Å²) >= 11 is 0. The smallest absolute Gasteiger partial charge is 0.291 e. The second-order valence-electron chi connectivity index (χ2n) is 4.35. The highest BCUT2D eigenvalue weighted by atomic mass is 19.1. The molecule has 0 aromatic heterocycles. The lowest BCUT2D eigenvalue weighted by atomic mass is 10.1. The van der Waals surface area contributed by atoms with Crippen LogP contribution in [0, 0.1) is 5.82 Å². The van der Waals surface area contributed by atoms with Crippen molar-refractivity contribution in [3.05, 3.63) is 30.1 Å². The second kappa shape index (κ2) is 6.31. The number of carbonyl (C=O) groups excluding carboxylic acids is 2. The number of nitrogens with zero attached hydrogens (tertiary/aromatic N) is 2. The maximum Gasteiger partial charge on any atom is 0.291 e. The van der Waals surface area contributed by atoms with Crippen molar-refractivity contribution in [1.29, 1.82) is 0 Å². The molecule has 7 nitrogen and oxygen atoms in total. The number of amides is 2. The molecule has 1 atom stereocenters. The van der Waals surface area contributed by atoms with Crippen LogP contribution < -0.4 is 16.2 Å². The summed E-state index contributed by atoms with van der Waals surface area (Å²) in [5.74, 6) is -1.57. The average molecular weight is 294 g/mol. The summed E-state index contributed by atoms with van der Waals surface area (Å²) in [6.07, 6.45) is 0.0611. The van der Waals surface area contributed by atoms with E-state index in [4.69, 9.17) is 10.6 Å². The van der Waals surface area contributed by atoms with E-state index in [1.54, 1.807) is 6.92 Å². The van der Waals surface area contributed by atoms with Crippen molar-refractivity contribution in [2.45, 2.75) is 19.4 Å². The summed E-state index contributed by atoms with van der Waals surface area (Å²) in [4.78, 5) is 28.1. The number of anilines is 1. The lowest BCUT2D eigenvalue weighted by Crippen LogP contribution is -2.39. The highest BCUT2D eigenvalue weighted by molar-refractivity contribution is 6.40.